The number of aryl methyl sites for hydroxylation is 1. The van der Waals surface area contributed by atoms with E-state index in [4.69, 9.17) is 0 Å². The van der Waals surface area contributed by atoms with Crippen LogP contribution in [0, 0.1) is 12.8 Å². The van der Waals surface area contributed by atoms with Gasteiger partial charge in [0.1, 0.15) is 5.82 Å². The first-order chi connectivity index (χ1) is 7.76. The molecule has 3 nitrogen and oxygen atoms in total. The fraction of sp³-hybridized carbons (Fsp3) is 0.769. The monoisotopic (exact) mass is 221 g/mol. The van der Waals surface area contributed by atoms with Crippen molar-refractivity contribution in [3.8, 4) is 0 Å². The van der Waals surface area contributed by atoms with Crippen molar-refractivity contribution in [2.75, 3.05) is 6.54 Å². The first kappa shape index (κ1) is 11.6. The maximum absolute atomic E-state index is 4.67. The summed E-state index contributed by atoms with van der Waals surface area (Å²) >= 11 is 0. The Bertz CT molecular complexity index is 350. The van der Waals surface area contributed by atoms with Crippen molar-refractivity contribution in [2.45, 2.75) is 53.1 Å². The molecule has 1 aliphatic rings. The van der Waals surface area contributed by atoms with Crippen molar-refractivity contribution in [1.82, 2.24) is 14.9 Å². The molecule has 0 amide bonds. The molecule has 1 aliphatic heterocycles. The van der Waals surface area contributed by atoms with Gasteiger partial charge in [-0.1, -0.05) is 26.7 Å². The predicted molar refractivity (Wildman–Crippen MR) is 66.4 cm³/mol. The fourth-order valence-corrected chi connectivity index (χ4v) is 2.55. The molecule has 1 aromatic rings. The van der Waals surface area contributed by atoms with Crippen molar-refractivity contribution in [1.29, 1.82) is 0 Å². The second-order valence-electron chi connectivity index (χ2n) is 4.77. The van der Waals surface area contributed by atoms with E-state index in [2.05, 4.69) is 35.6 Å². The van der Waals surface area contributed by atoms with Gasteiger partial charge < -0.3 is 9.88 Å². The van der Waals surface area contributed by atoms with Crippen LogP contribution in [0.1, 0.15) is 43.9 Å². The summed E-state index contributed by atoms with van der Waals surface area (Å²) in [7, 11) is 0. The van der Waals surface area contributed by atoms with E-state index in [1.807, 2.05) is 0 Å². The Morgan fingerprint density at radius 1 is 1.38 bits per heavy atom. The number of fused-ring (bicyclic) bond motifs is 1. The molecule has 2 rings (SSSR count). The highest BCUT2D eigenvalue weighted by atomic mass is 15.1. The first-order valence-corrected chi connectivity index (χ1v) is 6.51. The molecule has 3 heteroatoms. The van der Waals surface area contributed by atoms with Gasteiger partial charge in [0.05, 0.1) is 5.69 Å². The highest BCUT2D eigenvalue weighted by Gasteiger charge is 2.18. The summed E-state index contributed by atoms with van der Waals surface area (Å²) < 4.78 is 2.45. The van der Waals surface area contributed by atoms with Gasteiger partial charge >= 0.3 is 0 Å². The second kappa shape index (κ2) is 5.00. The summed E-state index contributed by atoms with van der Waals surface area (Å²) in [5.74, 6) is 1.99. The summed E-state index contributed by atoms with van der Waals surface area (Å²) in [6.45, 7) is 9.91. The van der Waals surface area contributed by atoms with Crippen LogP contribution < -0.4 is 5.32 Å². The highest BCUT2D eigenvalue weighted by Crippen LogP contribution is 2.19. The van der Waals surface area contributed by atoms with Crippen LogP contribution in [0.5, 0.6) is 0 Å². The van der Waals surface area contributed by atoms with E-state index in [-0.39, 0.29) is 0 Å². The lowest BCUT2D eigenvalue weighted by Crippen LogP contribution is -2.25. The minimum atomic E-state index is 0.798. The van der Waals surface area contributed by atoms with Crippen molar-refractivity contribution in [3.05, 3.63) is 17.2 Å². The Labute approximate surface area is 98.3 Å². The van der Waals surface area contributed by atoms with Crippen LogP contribution in [-0.4, -0.2) is 16.1 Å². The molecule has 2 heterocycles. The van der Waals surface area contributed by atoms with E-state index in [0.717, 1.165) is 32.0 Å². The summed E-state index contributed by atoms with van der Waals surface area (Å²) in [5, 5.41) is 3.39. The molecule has 0 radical (unpaired) electrons. The van der Waals surface area contributed by atoms with E-state index in [0.29, 0.717) is 0 Å². The zero-order valence-corrected chi connectivity index (χ0v) is 10.7. The molecule has 0 atom stereocenters. The van der Waals surface area contributed by atoms with Crippen LogP contribution in [0.3, 0.4) is 0 Å². The summed E-state index contributed by atoms with van der Waals surface area (Å²) in [4.78, 5) is 4.67. The van der Waals surface area contributed by atoms with E-state index < -0.39 is 0 Å². The summed E-state index contributed by atoms with van der Waals surface area (Å²) in [6, 6.07) is 0. The average molecular weight is 221 g/mol. The third-order valence-corrected chi connectivity index (χ3v) is 3.77. The SMILES string of the molecule is CCC(CC)Cn1c(C)nc2c1CCNC2. The van der Waals surface area contributed by atoms with Crippen molar-refractivity contribution >= 4 is 0 Å². The van der Waals surface area contributed by atoms with E-state index in [9.17, 15) is 0 Å². The van der Waals surface area contributed by atoms with E-state index in [1.54, 1.807) is 0 Å². The normalized spacial score (nSPS) is 15.5. The van der Waals surface area contributed by atoms with Crippen LogP contribution in [0.15, 0.2) is 0 Å². The molecule has 0 bridgehead atoms. The number of nitrogens with one attached hydrogen (secondary N) is 1. The van der Waals surface area contributed by atoms with Gasteiger partial charge in [0, 0.05) is 31.7 Å². The first-order valence-electron chi connectivity index (χ1n) is 6.51. The molecule has 1 N–H and O–H groups in total. The van der Waals surface area contributed by atoms with Gasteiger partial charge in [0.2, 0.25) is 0 Å². The molecule has 0 aliphatic carbocycles. The smallest absolute Gasteiger partial charge is 0.106 e. The number of rotatable bonds is 4. The van der Waals surface area contributed by atoms with Crippen molar-refractivity contribution in [2.24, 2.45) is 5.92 Å². The highest BCUT2D eigenvalue weighted by molar-refractivity contribution is 5.19. The van der Waals surface area contributed by atoms with Crippen molar-refractivity contribution < 1.29 is 0 Å². The Morgan fingerprint density at radius 2 is 2.12 bits per heavy atom. The molecule has 0 aromatic carbocycles. The van der Waals surface area contributed by atoms with Crippen LogP contribution in [0.2, 0.25) is 0 Å². The third kappa shape index (κ3) is 2.14. The van der Waals surface area contributed by atoms with Crippen LogP contribution in [0.4, 0.5) is 0 Å². The molecule has 0 spiro atoms. The predicted octanol–water partition coefficient (Wildman–Crippen LogP) is 2.27. The average Bonchev–Trinajstić information content (AvgIpc) is 2.62. The lowest BCUT2D eigenvalue weighted by Gasteiger charge is -2.19. The standard InChI is InChI=1S/C13H23N3/c1-4-11(5-2)9-16-10(3)15-12-8-14-7-6-13(12)16/h11,14H,4-9H2,1-3H3. The van der Waals surface area contributed by atoms with Gasteiger partial charge in [0.25, 0.3) is 0 Å². The van der Waals surface area contributed by atoms with E-state index >= 15 is 0 Å². The summed E-state index contributed by atoms with van der Waals surface area (Å²) in [5.41, 5.74) is 2.75. The van der Waals surface area contributed by atoms with Crippen LogP contribution in [0.25, 0.3) is 0 Å². The lowest BCUT2D eigenvalue weighted by molar-refractivity contribution is 0.404. The Hall–Kier alpha value is -0.830. The maximum Gasteiger partial charge on any atom is 0.106 e. The molecular weight excluding hydrogens is 198 g/mol. The van der Waals surface area contributed by atoms with Gasteiger partial charge in [-0.15, -0.1) is 0 Å². The van der Waals surface area contributed by atoms with Gasteiger partial charge in [-0.2, -0.15) is 0 Å². The number of hydrogen-bond donors (Lipinski definition) is 1. The molecule has 0 saturated carbocycles. The quantitative estimate of drug-likeness (QED) is 0.845. The van der Waals surface area contributed by atoms with Crippen molar-refractivity contribution in [3.63, 3.8) is 0 Å². The van der Waals surface area contributed by atoms with Gasteiger partial charge in [-0.05, 0) is 12.8 Å². The zero-order chi connectivity index (χ0) is 11.5. The Balaban J connectivity index is 2.22. The second-order valence-corrected chi connectivity index (χ2v) is 4.77. The number of imidazole rings is 1. The van der Waals surface area contributed by atoms with Crippen LogP contribution >= 0.6 is 0 Å². The molecular formula is C13H23N3. The van der Waals surface area contributed by atoms with Gasteiger partial charge in [0.15, 0.2) is 0 Å². The molecule has 1 aromatic heterocycles. The molecule has 0 unspecified atom stereocenters. The Morgan fingerprint density at radius 3 is 2.81 bits per heavy atom. The molecule has 0 fully saturated rings. The van der Waals surface area contributed by atoms with E-state index in [1.165, 1.54) is 30.1 Å². The number of aromatic nitrogens is 2. The van der Waals surface area contributed by atoms with Gasteiger partial charge in [-0.3, -0.25) is 0 Å². The molecule has 16 heavy (non-hydrogen) atoms. The topological polar surface area (TPSA) is 29.9 Å². The fourth-order valence-electron chi connectivity index (χ4n) is 2.55. The number of hydrogen-bond acceptors (Lipinski definition) is 2. The Kier molecular flexibility index (Phi) is 3.64. The third-order valence-electron chi connectivity index (χ3n) is 3.77. The lowest BCUT2D eigenvalue weighted by atomic mass is 10.0. The zero-order valence-electron chi connectivity index (χ0n) is 10.7. The van der Waals surface area contributed by atoms with Gasteiger partial charge in [-0.25, -0.2) is 4.98 Å². The maximum atomic E-state index is 4.67. The van der Waals surface area contributed by atoms with Crippen LogP contribution in [-0.2, 0) is 19.5 Å². The molecule has 0 saturated heterocycles. The summed E-state index contributed by atoms with van der Waals surface area (Å²) in [6.07, 6.45) is 3.67. The molecule has 90 valence electrons. The minimum Gasteiger partial charge on any atom is -0.332 e. The number of nitrogens with zero attached hydrogens (tertiary/aromatic N) is 2. The minimum absolute atomic E-state index is 0.798. The largest absolute Gasteiger partial charge is 0.332 e.